The molecule has 1 aromatic heterocycles. The van der Waals surface area contributed by atoms with Crippen LogP contribution in [0.25, 0.3) is 0 Å². The van der Waals surface area contributed by atoms with Crippen molar-refractivity contribution in [1.82, 2.24) is 20.2 Å². The van der Waals surface area contributed by atoms with Gasteiger partial charge in [-0.2, -0.15) is 0 Å². The summed E-state index contributed by atoms with van der Waals surface area (Å²) in [7, 11) is 0. The Balaban J connectivity index is 1.76. The van der Waals surface area contributed by atoms with E-state index in [2.05, 4.69) is 20.2 Å². The van der Waals surface area contributed by atoms with Gasteiger partial charge in [-0.05, 0) is 26.7 Å². The summed E-state index contributed by atoms with van der Waals surface area (Å²) in [6, 6.07) is 0.301. The van der Waals surface area contributed by atoms with Gasteiger partial charge in [0.05, 0.1) is 17.9 Å². The number of aryl methyl sites for hydroxylation is 2. The molecule has 1 N–H and O–H groups in total. The number of nitrogens with one attached hydrogen (secondary N) is 1. The molecule has 0 bridgehead atoms. The summed E-state index contributed by atoms with van der Waals surface area (Å²) in [6.45, 7) is 8.01. The highest BCUT2D eigenvalue weighted by molar-refractivity contribution is 5.79. The molecule has 0 radical (unpaired) electrons. The zero-order chi connectivity index (χ0) is 14.8. The van der Waals surface area contributed by atoms with E-state index >= 15 is 0 Å². The van der Waals surface area contributed by atoms with Crippen LogP contribution < -0.4 is 10.2 Å². The fourth-order valence-corrected chi connectivity index (χ4v) is 3.23. The molecule has 0 saturated carbocycles. The highest BCUT2D eigenvalue weighted by atomic mass is 16.2. The molecular formula is C15H23N5O. The molecule has 1 aromatic rings. The SMILES string of the molecule is Cc1cnc(C)c(N2CCCC(N3CCNCC3=O)C2)n1. The van der Waals surface area contributed by atoms with Gasteiger partial charge in [0.2, 0.25) is 5.91 Å². The smallest absolute Gasteiger partial charge is 0.236 e. The molecule has 0 spiro atoms. The molecule has 0 aromatic carbocycles. The first kappa shape index (κ1) is 14.3. The van der Waals surface area contributed by atoms with Crippen LogP contribution in [0.5, 0.6) is 0 Å². The van der Waals surface area contributed by atoms with E-state index in [1.807, 2.05) is 18.7 Å². The Bertz CT molecular complexity index is 533. The molecule has 6 nitrogen and oxygen atoms in total. The van der Waals surface area contributed by atoms with Crippen molar-refractivity contribution in [2.45, 2.75) is 32.7 Å². The number of piperidine rings is 1. The molecule has 21 heavy (non-hydrogen) atoms. The van der Waals surface area contributed by atoms with Gasteiger partial charge in [-0.25, -0.2) is 4.98 Å². The Labute approximate surface area is 125 Å². The lowest BCUT2D eigenvalue weighted by molar-refractivity contribution is -0.134. The monoisotopic (exact) mass is 289 g/mol. The van der Waals surface area contributed by atoms with Crippen LogP contribution in [0.2, 0.25) is 0 Å². The first-order chi connectivity index (χ1) is 10.1. The van der Waals surface area contributed by atoms with E-state index in [1.165, 1.54) is 0 Å². The van der Waals surface area contributed by atoms with Crippen LogP contribution in [0.3, 0.4) is 0 Å². The lowest BCUT2D eigenvalue weighted by Gasteiger charge is -2.41. The first-order valence-corrected chi connectivity index (χ1v) is 7.70. The number of rotatable bonds is 2. The molecule has 114 valence electrons. The second kappa shape index (κ2) is 5.97. The number of nitrogens with zero attached hydrogens (tertiary/aromatic N) is 4. The molecule has 1 unspecified atom stereocenters. The van der Waals surface area contributed by atoms with E-state index in [4.69, 9.17) is 0 Å². The lowest BCUT2D eigenvalue weighted by Crippen LogP contribution is -2.57. The Kier molecular flexibility index (Phi) is 4.05. The van der Waals surface area contributed by atoms with Crippen molar-refractivity contribution in [3.63, 3.8) is 0 Å². The molecule has 2 fully saturated rings. The maximum absolute atomic E-state index is 12.1. The van der Waals surface area contributed by atoms with Crippen LogP contribution in [0.15, 0.2) is 6.20 Å². The molecule has 3 heterocycles. The number of amides is 1. The fraction of sp³-hybridized carbons (Fsp3) is 0.667. The molecule has 1 atom stereocenters. The molecule has 2 saturated heterocycles. The van der Waals surface area contributed by atoms with Gasteiger partial charge in [0.1, 0.15) is 5.82 Å². The summed E-state index contributed by atoms with van der Waals surface area (Å²) in [6.07, 6.45) is 3.98. The summed E-state index contributed by atoms with van der Waals surface area (Å²) < 4.78 is 0. The van der Waals surface area contributed by atoms with Crippen molar-refractivity contribution in [3.05, 3.63) is 17.6 Å². The van der Waals surface area contributed by atoms with Gasteiger partial charge in [0.25, 0.3) is 0 Å². The van der Waals surface area contributed by atoms with Crippen LogP contribution in [-0.4, -0.2) is 59.5 Å². The largest absolute Gasteiger partial charge is 0.353 e. The molecule has 2 aliphatic rings. The molecule has 6 heteroatoms. The zero-order valence-electron chi connectivity index (χ0n) is 12.8. The second-order valence-corrected chi connectivity index (χ2v) is 5.93. The number of anilines is 1. The van der Waals surface area contributed by atoms with Crippen molar-refractivity contribution in [2.24, 2.45) is 0 Å². The third-order valence-corrected chi connectivity index (χ3v) is 4.31. The number of aromatic nitrogens is 2. The first-order valence-electron chi connectivity index (χ1n) is 7.70. The van der Waals surface area contributed by atoms with Gasteiger partial charge in [0, 0.05) is 38.4 Å². The number of carbonyl (C=O) groups excluding carboxylic acids is 1. The van der Waals surface area contributed by atoms with Gasteiger partial charge in [-0.1, -0.05) is 0 Å². The standard InChI is InChI=1S/C15H23N5O/c1-11-8-17-12(2)15(18-11)19-6-3-4-13(10-19)20-7-5-16-9-14(20)21/h8,13,16H,3-7,9-10H2,1-2H3. The highest BCUT2D eigenvalue weighted by Crippen LogP contribution is 2.23. The summed E-state index contributed by atoms with van der Waals surface area (Å²) in [5.41, 5.74) is 1.91. The van der Waals surface area contributed by atoms with Gasteiger partial charge >= 0.3 is 0 Å². The van der Waals surface area contributed by atoms with E-state index in [0.29, 0.717) is 12.6 Å². The third kappa shape index (κ3) is 3.00. The maximum Gasteiger partial charge on any atom is 0.236 e. The van der Waals surface area contributed by atoms with Crippen molar-refractivity contribution < 1.29 is 4.79 Å². The van der Waals surface area contributed by atoms with Crippen molar-refractivity contribution >= 4 is 11.7 Å². The minimum Gasteiger partial charge on any atom is -0.353 e. The molecule has 2 aliphatic heterocycles. The van der Waals surface area contributed by atoms with Crippen LogP contribution in [0.4, 0.5) is 5.82 Å². The minimum atomic E-state index is 0.222. The number of hydrogen-bond acceptors (Lipinski definition) is 5. The van der Waals surface area contributed by atoms with Gasteiger partial charge < -0.3 is 15.1 Å². The van der Waals surface area contributed by atoms with Crippen LogP contribution in [-0.2, 0) is 4.79 Å². The van der Waals surface area contributed by atoms with Crippen LogP contribution in [0.1, 0.15) is 24.2 Å². The summed E-state index contributed by atoms with van der Waals surface area (Å²) in [4.78, 5) is 25.5. The van der Waals surface area contributed by atoms with Gasteiger partial charge in [0.15, 0.2) is 0 Å². The number of piperazine rings is 1. The van der Waals surface area contributed by atoms with Crippen LogP contribution in [0, 0.1) is 13.8 Å². The fourth-order valence-electron chi connectivity index (χ4n) is 3.23. The average molecular weight is 289 g/mol. The number of hydrogen-bond donors (Lipinski definition) is 1. The van der Waals surface area contributed by atoms with E-state index in [0.717, 1.165) is 56.2 Å². The van der Waals surface area contributed by atoms with E-state index in [-0.39, 0.29) is 5.91 Å². The quantitative estimate of drug-likeness (QED) is 0.859. The average Bonchev–Trinajstić information content (AvgIpc) is 2.50. The highest BCUT2D eigenvalue weighted by Gasteiger charge is 2.30. The Morgan fingerprint density at radius 2 is 2.19 bits per heavy atom. The third-order valence-electron chi connectivity index (χ3n) is 4.31. The molecule has 1 amide bonds. The Morgan fingerprint density at radius 1 is 1.33 bits per heavy atom. The molecular weight excluding hydrogens is 266 g/mol. The van der Waals surface area contributed by atoms with E-state index in [1.54, 1.807) is 6.20 Å². The summed E-state index contributed by atoms with van der Waals surface area (Å²) >= 11 is 0. The normalized spacial score (nSPS) is 23.5. The van der Waals surface area contributed by atoms with E-state index in [9.17, 15) is 4.79 Å². The lowest BCUT2D eigenvalue weighted by atomic mass is 10.0. The van der Waals surface area contributed by atoms with E-state index < -0.39 is 0 Å². The predicted molar refractivity (Wildman–Crippen MR) is 81.3 cm³/mol. The van der Waals surface area contributed by atoms with Crippen molar-refractivity contribution in [1.29, 1.82) is 0 Å². The molecule has 3 rings (SSSR count). The van der Waals surface area contributed by atoms with Crippen LogP contribution >= 0.6 is 0 Å². The Hall–Kier alpha value is -1.69. The van der Waals surface area contributed by atoms with Gasteiger partial charge in [-0.15, -0.1) is 0 Å². The molecule has 0 aliphatic carbocycles. The summed E-state index contributed by atoms with van der Waals surface area (Å²) in [5, 5.41) is 3.14. The Morgan fingerprint density at radius 3 is 3.00 bits per heavy atom. The second-order valence-electron chi connectivity index (χ2n) is 5.93. The number of carbonyl (C=O) groups is 1. The van der Waals surface area contributed by atoms with Crippen molar-refractivity contribution in [2.75, 3.05) is 37.6 Å². The minimum absolute atomic E-state index is 0.222. The predicted octanol–water partition coefficient (Wildman–Crippen LogP) is 0.494. The van der Waals surface area contributed by atoms with Gasteiger partial charge in [-0.3, -0.25) is 9.78 Å². The van der Waals surface area contributed by atoms with Crippen molar-refractivity contribution in [3.8, 4) is 0 Å². The topological polar surface area (TPSA) is 61.4 Å². The zero-order valence-corrected chi connectivity index (χ0v) is 12.8. The summed E-state index contributed by atoms with van der Waals surface area (Å²) in [5.74, 6) is 1.20. The maximum atomic E-state index is 12.1.